The van der Waals surface area contributed by atoms with Crippen molar-refractivity contribution in [3.05, 3.63) is 18.3 Å². The van der Waals surface area contributed by atoms with Crippen molar-refractivity contribution in [2.75, 3.05) is 17.7 Å². The summed E-state index contributed by atoms with van der Waals surface area (Å²) in [6, 6.07) is 3.44. The molecule has 7 nitrogen and oxygen atoms in total. The van der Waals surface area contributed by atoms with Crippen LogP contribution in [0.5, 0.6) is 0 Å². The van der Waals surface area contributed by atoms with Crippen LogP contribution in [0.15, 0.2) is 18.3 Å². The lowest BCUT2D eigenvalue weighted by Gasteiger charge is -2.11. The summed E-state index contributed by atoms with van der Waals surface area (Å²) in [6.07, 6.45) is 0.674. The van der Waals surface area contributed by atoms with Crippen molar-refractivity contribution >= 4 is 23.4 Å². The lowest BCUT2D eigenvalue weighted by molar-refractivity contribution is -0.150. The smallest absolute Gasteiger partial charge is 0.332 e. The number of pyridine rings is 1. The van der Waals surface area contributed by atoms with Crippen LogP contribution in [0.4, 0.5) is 11.5 Å². The summed E-state index contributed by atoms with van der Waals surface area (Å²) in [4.78, 5) is 26.6. The molecule has 1 aliphatic heterocycles. The van der Waals surface area contributed by atoms with Crippen LogP contribution in [-0.4, -0.2) is 41.2 Å². The SMILES string of the molecule is CNc1ccc(NC(=O)[C@@H]2CC[C@H](C(=O)O)O2)cn1. The van der Waals surface area contributed by atoms with E-state index in [-0.39, 0.29) is 5.91 Å². The number of carboxylic acid groups (broad SMARTS) is 1. The molecule has 1 saturated heterocycles. The summed E-state index contributed by atoms with van der Waals surface area (Å²) in [5.74, 6) is -0.681. The van der Waals surface area contributed by atoms with Crippen LogP contribution in [0.2, 0.25) is 0 Å². The van der Waals surface area contributed by atoms with E-state index in [0.29, 0.717) is 24.3 Å². The molecule has 1 aromatic heterocycles. The van der Waals surface area contributed by atoms with Gasteiger partial charge in [-0.05, 0) is 25.0 Å². The fourth-order valence-corrected chi connectivity index (χ4v) is 1.85. The number of nitrogens with zero attached hydrogens (tertiary/aromatic N) is 1. The number of hydrogen-bond donors (Lipinski definition) is 3. The first kappa shape index (κ1) is 13.3. The van der Waals surface area contributed by atoms with Crippen LogP contribution in [0.25, 0.3) is 0 Å². The highest BCUT2D eigenvalue weighted by molar-refractivity contribution is 5.94. The molecule has 0 bridgehead atoms. The average molecular weight is 265 g/mol. The highest BCUT2D eigenvalue weighted by Gasteiger charge is 2.34. The van der Waals surface area contributed by atoms with Crippen LogP contribution < -0.4 is 10.6 Å². The number of carboxylic acids is 1. The van der Waals surface area contributed by atoms with Gasteiger partial charge in [0.25, 0.3) is 5.91 Å². The number of aromatic nitrogens is 1. The van der Waals surface area contributed by atoms with E-state index in [9.17, 15) is 9.59 Å². The van der Waals surface area contributed by atoms with Gasteiger partial charge in [-0.2, -0.15) is 0 Å². The van der Waals surface area contributed by atoms with E-state index in [1.807, 2.05) is 0 Å². The first-order valence-electron chi connectivity index (χ1n) is 5.93. The van der Waals surface area contributed by atoms with Crippen LogP contribution in [0.1, 0.15) is 12.8 Å². The fraction of sp³-hybridized carbons (Fsp3) is 0.417. The molecule has 1 aliphatic rings. The minimum atomic E-state index is -1.03. The van der Waals surface area contributed by atoms with Crippen molar-refractivity contribution in [1.82, 2.24) is 4.98 Å². The maximum atomic E-state index is 11.9. The van der Waals surface area contributed by atoms with E-state index >= 15 is 0 Å². The van der Waals surface area contributed by atoms with E-state index in [0.717, 1.165) is 0 Å². The predicted octanol–water partition coefficient (Wildman–Crippen LogP) is 0.694. The predicted molar refractivity (Wildman–Crippen MR) is 67.9 cm³/mol. The Kier molecular flexibility index (Phi) is 3.96. The van der Waals surface area contributed by atoms with Gasteiger partial charge in [0.05, 0.1) is 11.9 Å². The van der Waals surface area contributed by atoms with E-state index < -0.39 is 18.2 Å². The van der Waals surface area contributed by atoms with Crippen molar-refractivity contribution in [3.8, 4) is 0 Å². The average Bonchev–Trinajstić information content (AvgIpc) is 2.89. The lowest BCUT2D eigenvalue weighted by Crippen LogP contribution is -2.29. The highest BCUT2D eigenvalue weighted by Crippen LogP contribution is 2.21. The summed E-state index contributed by atoms with van der Waals surface area (Å²) in [7, 11) is 1.75. The first-order valence-corrected chi connectivity index (χ1v) is 5.93. The molecule has 0 unspecified atom stereocenters. The molecule has 1 aromatic rings. The molecule has 3 N–H and O–H groups in total. The number of anilines is 2. The van der Waals surface area contributed by atoms with E-state index in [1.54, 1.807) is 19.2 Å². The molecule has 0 aromatic carbocycles. The Morgan fingerprint density at radius 1 is 1.37 bits per heavy atom. The van der Waals surface area contributed by atoms with Gasteiger partial charge in [0.15, 0.2) is 6.10 Å². The molecule has 0 saturated carbocycles. The number of rotatable bonds is 4. The zero-order valence-electron chi connectivity index (χ0n) is 10.4. The second-order valence-electron chi connectivity index (χ2n) is 4.20. The van der Waals surface area contributed by atoms with E-state index in [2.05, 4.69) is 15.6 Å². The van der Waals surface area contributed by atoms with Crippen LogP contribution in [0, 0.1) is 0 Å². The zero-order chi connectivity index (χ0) is 13.8. The Bertz CT molecular complexity index is 474. The topological polar surface area (TPSA) is 101 Å². The molecule has 0 radical (unpaired) electrons. The number of carbonyl (C=O) groups is 2. The summed E-state index contributed by atoms with van der Waals surface area (Å²) in [6.45, 7) is 0. The number of ether oxygens (including phenoxy) is 1. The van der Waals surface area contributed by atoms with Crippen molar-refractivity contribution in [1.29, 1.82) is 0 Å². The molecule has 2 heterocycles. The minimum absolute atomic E-state index is 0.345. The van der Waals surface area contributed by atoms with Gasteiger partial charge in [-0.1, -0.05) is 0 Å². The Balaban J connectivity index is 1.92. The second kappa shape index (κ2) is 5.66. The Labute approximate surface area is 110 Å². The molecule has 1 fully saturated rings. The first-order chi connectivity index (χ1) is 9.10. The zero-order valence-corrected chi connectivity index (χ0v) is 10.4. The molecule has 7 heteroatoms. The Morgan fingerprint density at radius 2 is 2.11 bits per heavy atom. The molecule has 0 spiro atoms. The quantitative estimate of drug-likeness (QED) is 0.740. The molecule has 1 amide bonds. The molecule has 0 aliphatic carbocycles. The van der Waals surface area contributed by atoms with Crippen LogP contribution in [-0.2, 0) is 14.3 Å². The monoisotopic (exact) mass is 265 g/mol. The molecular weight excluding hydrogens is 250 g/mol. The lowest BCUT2D eigenvalue weighted by atomic mass is 10.2. The summed E-state index contributed by atoms with van der Waals surface area (Å²) in [5, 5.41) is 14.3. The van der Waals surface area contributed by atoms with E-state index in [1.165, 1.54) is 6.20 Å². The summed E-state index contributed by atoms with van der Waals surface area (Å²) in [5.41, 5.74) is 0.548. The number of hydrogen-bond acceptors (Lipinski definition) is 5. The van der Waals surface area contributed by atoms with Gasteiger partial charge in [0.2, 0.25) is 0 Å². The Hall–Kier alpha value is -2.15. The molecule has 2 atom stereocenters. The maximum absolute atomic E-state index is 11.9. The standard InChI is InChI=1S/C12H15N3O4/c1-13-10-5-2-7(6-14-10)15-11(16)8-3-4-9(19-8)12(17)18/h2,5-6,8-9H,3-4H2,1H3,(H,13,14)(H,15,16)(H,17,18)/t8-,9+/m0/s1. The largest absolute Gasteiger partial charge is 0.479 e. The van der Waals surface area contributed by atoms with Gasteiger partial charge in [0.1, 0.15) is 11.9 Å². The normalized spacial score (nSPS) is 21.9. The third-order valence-electron chi connectivity index (χ3n) is 2.87. The highest BCUT2D eigenvalue weighted by atomic mass is 16.5. The number of carbonyl (C=O) groups excluding carboxylic acids is 1. The van der Waals surface area contributed by atoms with Crippen molar-refractivity contribution in [2.24, 2.45) is 0 Å². The summed E-state index contributed by atoms with van der Waals surface area (Å²) >= 11 is 0. The van der Waals surface area contributed by atoms with Gasteiger partial charge < -0.3 is 20.5 Å². The van der Waals surface area contributed by atoms with Gasteiger partial charge in [-0.3, -0.25) is 4.79 Å². The fourth-order valence-electron chi connectivity index (χ4n) is 1.85. The third kappa shape index (κ3) is 3.19. The number of amides is 1. The second-order valence-corrected chi connectivity index (χ2v) is 4.20. The van der Waals surface area contributed by atoms with Gasteiger partial charge in [-0.15, -0.1) is 0 Å². The van der Waals surface area contributed by atoms with Gasteiger partial charge in [-0.25, -0.2) is 9.78 Å². The maximum Gasteiger partial charge on any atom is 0.332 e. The minimum Gasteiger partial charge on any atom is -0.479 e. The Morgan fingerprint density at radius 3 is 2.63 bits per heavy atom. The number of aliphatic carboxylic acids is 1. The van der Waals surface area contributed by atoms with E-state index in [4.69, 9.17) is 9.84 Å². The summed E-state index contributed by atoms with van der Waals surface area (Å²) < 4.78 is 5.16. The van der Waals surface area contributed by atoms with Crippen LogP contribution in [0.3, 0.4) is 0 Å². The van der Waals surface area contributed by atoms with Crippen molar-refractivity contribution in [2.45, 2.75) is 25.0 Å². The number of nitrogens with one attached hydrogen (secondary N) is 2. The van der Waals surface area contributed by atoms with Crippen LogP contribution >= 0.6 is 0 Å². The van der Waals surface area contributed by atoms with Gasteiger partial charge >= 0.3 is 5.97 Å². The van der Waals surface area contributed by atoms with Crippen molar-refractivity contribution in [3.63, 3.8) is 0 Å². The molecule has 102 valence electrons. The molecule has 19 heavy (non-hydrogen) atoms. The molecular formula is C12H15N3O4. The molecule has 2 rings (SSSR count). The van der Waals surface area contributed by atoms with Gasteiger partial charge in [0, 0.05) is 7.05 Å². The third-order valence-corrected chi connectivity index (χ3v) is 2.87. The van der Waals surface area contributed by atoms with Crippen molar-refractivity contribution < 1.29 is 19.4 Å².